The molecule has 3 aromatic heterocycles. The number of para-hydroxylation sites is 1. The summed E-state index contributed by atoms with van der Waals surface area (Å²) in [5, 5.41) is 7.27. The van der Waals surface area contributed by atoms with Crippen molar-refractivity contribution in [3.63, 3.8) is 0 Å². The quantitative estimate of drug-likeness (QED) is 0.594. The Morgan fingerprint density at radius 1 is 1.25 bits per heavy atom. The summed E-state index contributed by atoms with van der Waals surface area (Å²) in [7, 11) is 1.62. The fourth-order valence-electron chi connectivity index (χ4n) is 2.62. The van der Waals surface area contributed by atoms with Crippen LogP contribution in [0.3, 0.4) is 0 Å². The molecular weight excluding hydrogens is 308 g/mol. The van der Waals surface area contributed by atoms with Crippen LogP contribution in [-0.4, -0.2) is 36.8 Å². The lowest BCUT2D eigenvalue weighted by atomic mass is 10.2. The Balaban J connectivity index is 1.78. The van der Waals surface area contributed by atoms with Crippen LogP contribution in [0.1, 0.15) is 5.82 Å². The van der Waals surface area contributed by atoms with Crippen molar-refractivity contribution in [2.75, 3.05) is 7.11 Å². The Morgan fingerprint density at radius 2 is 2.17 bits per heavy atom. The van der Waals surface area contributed by atoms with Gasteiger partial charge in [0.05, 0.1) is 13.7 Å². The SMILES string of the molecule is COc1cccc2ccc(-c3nccn3Cc3n[nH]c(=O)[nH]3)nc12. The molecule has 0 aliphatic carbocycles. The first-order valence-corrected chi connectivity index (χ1v) is 7.33. The van der Waals surface area contributed by atoms with E-state index in [1.54, 1.807) is 13.3 Å². The molecule has 0 aliphatic rings. The standard InChI is InChI=1S/C16H14N6O2/c1-24-12-4-2-3-10-5-6-11(18-14(10)12)15-17-7-8-22(15)9-13-19-16(23)21-20-13/h2-8H,9H2,1H3,(H2,19,20,21,23). The number of hydrogen-bond acceptors (Lipinski definition) is 5. The number of methoxy groups -OCH3 is 1. The van der Waals surface area contributed by atoms with Gasteiger partial charge in [-0.2, -0.15) is 5.10 Å². The number of rotatable bonds is 4. The van der Waals surface area contributed by atoms with Gasteiger partial charge in [-0.05, 0) is 12.1 Å². The molecule has 120 valence electrons. The number of nitrogens with one attached hydrogen (secondary N) is 2. The zero-order chi connectivity index (χ0) is 16.5. The molecular formula is C16H14N6O2. The molecule has 0 spiro atoms. The normalized spacial score (nSPS) is 11.0. The van der Waals surface area contributed by atoms with Gasteiger partial charge in [0.1, 0.15) is 17.0 Å². The number of pyridine rings is 1. The molecule has 1 aromatic carbocycles. The summed E-state index contributed by atoms with van der Waals surface area (Å²) in [6, 6.07) is 9.68. The largest absolute Gasteiger partial charge is 0.494 e. The van der Waals surface area contributed by atoms with Gasteiger partial charge in [-0.25, -0.2) is 19.9 Å². The van der Waals surface area contributed by atoms with Gasteiger partial charge in [0.25, 0.3) is 0 Å². The molecule has 0 aliphatic heterocycles. The molecule has 8 nitrogen and oxygen atoms in total. The molecule has 0 bridgehead atoms. The van der Waals surface area contributed by atoms with Gasteiger partial charge in [0, 0.05) is 17.8 Å². The van der Waals surface area contributed by atoms with Crippen molar-refractivity contribution in [2.24, 2.45) is 0 Å². The topological polar surface area (TPSA) is 101 Å². The average Bonchev–Trinajstić information content (AvgIpc) is 3.23. The molecule has 0 fully saturated rings. The van der Waals surface area contributed by atoms with Crippen LogP contribution in [0, 0.1) is 0 Å². The van der Waals surface area contributed by atoms with Crippen LogP contribution < -0.4 is 10.4 Å². The Morgan fingerprint density at radius 3 is 2.96 bits per heavy atom. The predicted molar refractivity (Wildman–Crippen MR) is 87.8 cm³/mol. The zero-order valence-corrected chi connectivity index (χ0v) is 12.9. The van der Waals surface area contributed by atoms with E-state index in [0.717, 1.165) is 16.6 Å². The molecule has 24 heavy (non-hydrogen) atoms. The summed E-state index contributed by atoms with van der Waals surface area (Å²) >= 11 is 0. The van der Waals surface area contributed by atoms with E-state index in [2.05, 4.69) is 25.1 Å². The highest BCUT2D eigenvalue weighted by Gasteiger charge is 2.11. The summed E-state index contributed by atoms with van der Waals surface area (Å²) in [5.41, 5.74) is 1.16. The molecule has 4 rings (SSSR count). The monoisotopic (exact) mass is 322 g/mol. The van der Waals surface area contributed by atoms with Crippen molar-refractivity contribution < 1.29 is 4.74 Å². The molecule has 3 heterocycles. The van der Waals surface area contributed by atoms with Crippen LogP contribution in [0.2, 0.25) is 0 Å². The van der Waals surface area contributed by atoms with Crippen molar-refractivity contribution >= 4 is 10.9 Å². The number of imidazole rings is 1. The van der Waals surface area contributed by atoms with Crippen molar-refractivity contribution in [3.8, 4) is 17.3 Å². The Labute approximate surface area is 136 Å². The molecule has 2 N–H and O–H groups in total. The Hall–Kier alpha value is -3.42. The second-order valence-electron chi connectivity index (χ2n) is 5.23. The second kappa shape index (κ2) is 5.65. The Kier molecular flexibility index (Phi) is 3.34. The van der Waals surface area contributed by atoms with Crippen molar-refractivity contribution in [3.05, 3.63) is 59.0 Å². The molecule has 0 saturated carbocycles. The fraction of sp³-hybridized carbons (Fsp3) is 0.125. The first kappa shape index (κ1) is 14.2. The number of ether oxygens (including phenoxy) is 1. The van der Waals surface area contributed by atoms with Crippen LogP contribution >= 0.6 is 0 Å². The third kappa shape index (κ3) is 2.43. The summed E-state index contributed by atoms with van der Waals surface area (Å²) < 4.78 is 7.26. The molecule has 0 radical (unpaired) electrons. The highest BCUT2D eigenvalue weighted by atomic mass is 16.5. The third-order valence-corrected chi connectivity index (χ3v) is 3.72. The molecule has 0 unspecified atom stereocenters. The molecule has 0 saturated heterocycles. The first-order valence-electron chi connectivity index (χ1n) is 7.33. The Bertz CT molecular complexity index is 1060. The summed E-state index contributed by atoms with van der Waals surface area (Å²) in [6.07, 6.45) is 3.50. The van der Waals surface area contributed by atoms with Crippen molar-refractivity contribution in [1.29, 1.82) is 0 Å². The minimum Gasteiger partial charge on any atom is -0.494 e. The van der Waals surface area contributed by atoms with Gasteiger partial charge in [-0.3, -0.25) is 4.98 Å². The molecule has 0 amide bonds. The van der Waals surface area contributed by atoms with Gasteiger partial charge < -0.3 is 9.30 Å². The van der Waals surface area contributed by atoms with E-state index in [1.807, 2.05) is 41.1 Å². The number of nitrogens with zero attached hydrogens (tertiary/aromatic N) is 4. The number of H-pyrrole nitrogens is 2. The lowest BCUT2D eigenvalue weighted by molar-refractivity contribution is 0.419. The van der Waals surface area contributed by atoms with E-state index in [9.17, 15) is 4.79 Å². The third-order valence-electron chi connectivity index (χ3n) is 3.72. The second-order valence-corrected chi connectivity index (χ2v) is 5.23. The van der Waals surface area contributed by atoms with E-state index < -0.39 is 0 Å². The number of hydrogen-bond donors (Lipinski definition) is 2. The first-order chi connectivity index (χ1) is 11.7. The van der Waals surface area contributed by atoms with E-state index in [0.29, 0.717) is 23.9 Å². The maximum absolute atomic E-state index is 11.2. The summed E-state index contributed by atoms with van der Waals surface area (Å²) in [4.78, 5) is 22.9. The fourth-order valence-corrected chi connectivity index (χ4v) is 2.62. The summed E-state index contributed by atoms with van der Waals surface area (Å²) in [5.74, 6) is 1.92. The van der Waals surface area contributed by atoms with Gasteiger partial charge in [0.2, 0.25) is 0 Å². The van der Waals surface area contributed by atoms with Gasteiger partial charge in [-0.15, -0.1) is 0 Å². The minimum absolute atomic E-state index is 0.333. The van der Waals surface area contributed by atoms with Crippen LogP contribution in [0.4, 0.5) is 0 Å². The molecule has 4 aromatic rings. The average molecular weight is 322 g/mol. The lowest BCUT2D eigenvalue weighted by Crippen LogP contribution is -2.06. The lowest BCUT2D eigenvalue weighted by Gasteiger charge is -2.08. The van der Waals surface area contributed by atoms with Crippen LogP contribution in [-0.2, 0) is 6.54 Å². The number of fused-ring (bicyclic) bond motifs is 1. The minimum atomic E-state index is -0.333. The van der Waals surface area contributed by atoms with E-state index in [-0.39, 0.29) is 5.69 Å². The van der Waals surface area contributed by atoms with Crippen LogP contribution in [0.25, 0.3) is 22.4 Å². The predicted octanol–water partition coefficient (Wildman–Crippen LogP) is 1.57. The van der Waals surface area contributed by atoms with Gasteiger partial charge in [0.15, 0.2) is 11.6 Å². The summed E-state index contributed by atoms with van der Waals surface area (Å²) in [6.45, 7) is 0.389. The van der Waals surface area contributed by atoms with E-state index in [4.69, 9.17) is 4.74 Å². The van der Waals surface area contributed by atoms with E-state index >= 15 is 0 Å². The molecule has 0 atom stereocenters. The van der Waals surface area contributed by atoms with Crippen molar-refractivity contribution in [1.82, 2.24) is 29.7 Å². The van der Waals surface area contributed by atoms with Crippen LogP contribution in [0.5, 0.6) is 5.75 Å². The maximum Gasteiger partial charge on any atom is 0.340 e. The van der Waals surface area contributed by atoms with Gasteiger partial charge in [-0.1, -0.05) is 18.2 Å². The number of aromatic amines is 2. The maximum atomic E-state index is 11.2. The highest BCUT2D eigenvalue weighted by Crippen LogP contribution is 2.26. The van der Waals surface area contributed by atoms with Crippen LogP contribution in [0.15, 0.2) is 47.5 Å². The zero-order valence-electron chi connectivity index (χ0n) is 12.9. The van der Waals surface area contributed by atoms with Gasteiger partial charge >= 0.3 is 5.69 Å². The number of benzene rings is 1. The highest BCUT2D eigenvalue weighted by molar-refractivity contribution is 5.86. The van der Waals surface area contributed by atoms with E-state index in [1.165, 1.54) is 0 Å². The smallest absolute Gasteiger partial charge is 0.340 e. The number of aromatic nitrogens is 6. The molecule has 8 heteroatoms. The van der Waals surface area contributed by atoms with Crippen molar-refractivity contribution in [2.45, 2.75) is 6.54 Å².